The quantitative estimate of drug-likeness (QED) is 0.719. The van der Waals surface area contributed by atoms with Crippen LogP contribution in [0, 0.1) is 0 Å². The van der Waals surface area contributed by atoms with Gasteiger partial charge in [0.25, 0.3) is 5.91 Å². The molecule has 3 rings (SSSR count). The normalized spacial score (nSPS) is 11.7. The lowest BCUT2D eigenvalue weighted by Gasteiger charge is -2.27. The summed E-state index contributed by atoms with van der Waals surface area (Å²) >= 11 is 0. The summed E-state index contributed by atoms with van der Waals surface area (Å²) in [6.07, 6.45) is 3.41. The first-order chi connectivity index (χ1) is 13.1. The predicted octanol–water partition coefficient (Wildman–Crippen LogP) is 3.93. The average Bonchev–Trinajstić information content (AvgIpc) is 3.26. The molecule has 1 heterocycles. The molecule has 0 unspecified atom stereocenters. The van der Waals surface area contributed by atoms with E-state index < -0.39 is 0 Å². The topological polar surface area (TPSA) is 67.5 Å². The summed E-state index contributed by atoms with van der Waals surface area (Å²) < 4.78 is 10.7. The monoisotopic (exact) mass is 365 g/mol. The summed E-state index contributed by atoms with van der Waals surface area (Å²) in [5, 5.41) is 0. The Morgan fingerprint density at radius 1 is 1.15 bits per heavy atom. The molecule has 0 aliphatic heterocycles. The second-order valence-corrected chi connectivity index (χ2v) is 6.18. The van der Waals surface area contributed by atoms with E-state index in [1.54, 1.807) is 38.6 Å². The molecule has 6 heteroatoms. The largest absolute Gasteiger partial charge is 0.497 e. The van der Waals surface area contributed by atoms with Gasteiger partial charge in [0.05, 0.1) is 25.8 Å². The molecule has 6 nitrogen and oxygen atoms in total. The number of benzene rings is 2. The molecule has 0 spiro atoms. The number of carbonyl (C=O) groups excluding carboxylic acids is 1. The number of rotatable bonds is 6. The minimum absolute atomic E-state index is 0.0904. The van der Waals surface area contributed by atoms with Gasteiger partial charge in [0.1, 0.15) is 17.3 Å². The van der Waals surface area contributed by atoms with Gasteiger partial charge in [0, 0.05) is 36.6 Å². The number of nitrogens with zero attached hydrogens (tertiary/aromatic N) is 2. The Kier molecular flexibility index (Phi) is 5.45. The second-order valence-electron chi connectivity index (χ2n) is 6.18. The van der Waals surface area contributed by atoms with Crippen LogP contribution in [0.2, 0.25) is 0 Å². The number of methoxy groups -OCH3 is 2. The number of aromatic nitrogens is 2. The molecule has 1 amide bonds. The van der Waals surface area contributed by atoms with Gasteiger partial charge >= 0.3 is 0 Å². The summed E-state index contributed by atoms with van der Waals surface area (Å²) in [6, 6.07) is 12.9. The van der Waals surface area contributed by atoms with E-state index in [9.17, 15) is 4.79 Å². The van der Waals surface area contributed by atoms with Crippen LogP contribution in [0.1, 0.15) is 28.9 Å². The number of nitrogens with one attached hydrogen (secondary N) is 1. The number of imidazole rings is 1. The van der Waals surface area contributed by atoms with Gasteiger partial charge in [0.15, 0.2) is 0 Å². The Labute approximate surface area is 158 Å². The molecular formula is C21H23N3O3. The van der Waals surface area contributed by atoms with Crippen molar-refractivity contribution in [2.75, 3.05) is 21.3 Å². The van der Waals surface area contributed by atoms with Gasteiger partial charge in [-0.1, -0.05) is 18.2 Å². The zero-order chi connectivity index (χ0) is 19.4. The van der Waals surface area contributed by atoms with E-state index in [1.807, 2.05) is 49.4 Å². The fourth-order valence-corrected chi connectivity index (χ4v) is 3.03. The molecule has 1 aromatic heterocycles. The van der Waals surface area contributed by atoms with Crippen LogP contribution in [-0.2, 0) is 0 Å². The van der Waals surface area contributed by atoms with Gasteiger partial charge in [0.2, 0.25) is 0 Å². The summed E-state index contributed by atoms with van der Waals surface area (Å²) in [5.41, 5.74) is 2.27. The van der Waals surface area contributed by atoms with Gasteiger partial charge < -0.3 is 19.4 Å². The molecular weight excluding hydrogens is 342 g/mol. The SMILES string of the molecule is COc1ccc([C@H](C)N(C)C(=O)c2ccccc2-c2ncc[nH]2)c(OC)c1. The van der Waals surface area contributed by atoms with Crippen molar-refractivity contribution in [1.29, 1.82) is 0 Å². The molecule has 0 radical (unpaired) electrons. The number of H-pyrrole nitrogens is 1. The van der Waals surface area contributed by atoms with Crippen molar-refractivity contribution in [3.05, 3.63) is 66.0 Å². The standard InChI is InChI=1S/C21H23N3O3/c1-14(16-10-9-15(26-3)13-19(16)27-4)24(2)21(25)18-8-6-5-7-17(18)20-22-11-12-23-20/h5-14H,1-4H3,(H,22,23)/t14-/m0/s1. The van der Waals surface area contributed by atoms with Crippen molar-refractivity contribution < 1.29 is 14.3 Å². The van der Waals surface area contributed by atoms with E-state index in [4.69, 9.17) is 9.47 Å². The molecule has 0 saturated heterocycles. The number of aromatic amines is 1. The van der Waals surface area contributed by atoms with E-state index in [0.717, 1.165) is 11.1 Å². The Bertz CT molecular complexity index is 922. The predicted molar refractivity (Wildman–Crippen MR) is 104 cm³/mol. The van der Waals surface area contributed by atoms with Crippen molar-refractivity contribution in [3.8, 4) is 22.9 Å². The molecule has 0 fully saturated rings. The summed E-state index contributed by atoms with van der Waals surface area (Å²) in [6.45, 7) is 1.97. The van der Waals surface area contributed by atoms with Crippen molar-refractivity contribution in [3.63, 3.8) is 0 Å². The van der Waals surface area contributed by atoms with Crippen molar-refractivity contribution in [1.82, 2.24) is 14.9 Å². The molecule has 2 aromatic carbocycles. The summed E-state index contributed by atoms with van der Waals surface area (Å²) in [5.74, 6) is 1.97. The maximum absolute atomic E-state index is 13.2. The lowest BCUT2D eigenvalue weighted by Crippen LogP contribution is -2.30. The van der Waals surface area contributed by atoms with E-state index in [1.165, 1.54) is 0 Å². The van der Waals surface area contributed by atoms with Crippen LogP contribution in [0.5, 0.6) is 11.5 Å². The molecule has 0 aliphatic carbocycles. The zero-order valence-corrected chi connectivity index (χ0v) is 15.9. The van der Waals surface area contributed by atoms with E-state index in [2.05, 4.69) is 9.97 Å². The van der Waals surface area contributed by atoms with Gasteiger partial charge in [-0.25, -0.2) is 4.98 Å². The molecule has 0 aliphatic rings. The minimum atomic E-state index is -0.192. The molecule has 1 atom stereocenters. The molecule has 27 heavy (non-hydrogen) atoms. The molecule has 140 valence electrons. The third kappa shape index (κ3) is 3.65. The Morgan fingerprint density at radius 2 is 1.93 bits per heavy atom. The molecule has 3 aromatic rings. The van der Waals surface area contributed by atoms with Crippen molar-refractivity contribution in [2.45, 2.75) is 13.0 Å². The highest BCUT2D eigenvalue weighted by atomic mass is 16.5. The van der Waals surface area contributed by atoms with Crippen LogP contribution in [0.25, 0.3) is 11.4 Å². The number of amides is 1. The number of hydrogen-bond acceptors (Lipinski definition) is 4. The molecule has 0 saturated carbocycles. The summed E-state index contributed by atoms with van der Waals surface area (Å²) in [4.78, 5) is 22.3. The first-order valence-electron chi connectivity index (χ1n) is 8.64. The molecule has 1 N–H and O–H groups in total. The Hall–Kier alpha value is -3.28. The average molecular weight is 365 g/mol. The first kappa shape index (κ1) is 18.5. The number of hydrogen-bond donors (Lipinski definition) is 1. The third-order valence-electron chi connectivity index (χ3n) is 4.70. The zero-order valence-electron chi connectivity index (χ0n) is 15.9. The maximum Gasteiger partial charge on any atom is 0.254 e. The Morgan fingerprint density at radius 3 is 2.59 bits per heavy atom. The fourth-order valence-electron chi connectivity index (χ4n) is 3.03. The van der Waals surface area contributed by atoms with E-state index in [-0.39, 0.29) is 11.9 Å². The highest BCUT2D eigenvalue weighted by Gasteiger charge is 2.24. The van der Waals surface area contributed by atoms with Gasteiger partial charge in [-0.2, -0.15) is 0 Å². The van der Waals surface area contributed by atoms with Gasteiger partial charge in [-0.3, -0.25) is 4.79 Å². The first-order valence-corrected chi connectivity index (χ1v) is 8.64. The van der Waals surface area contributed by atoms with Crippen LogP contribution in [-0.4, -0.2) is 42.0 Å². The van der Waals surface area contributed by atoms with Crippen molar-refractivity contribution in [2.24, 2.45) is 0 Å². The highest BCUT2D eigenvalue weighted by Crippen LogP contribution is 2.33. The van der Waals surface area contributed by atoms with E-state index in [0.29, 0.717) is 22.9 Å². The van der Waals surface area contributed by atoms with Crippen LogP contribution in [0.15, 0.2) is 54.9 Å². The fraction of sp³-hybridized carbons (Fsp3) is 0.238. The number of carbonyl (C=O) groups is 1. The van der Waals surface area contributed by atoms with Gasteiger partial charge in [-0.05, 0) is 25.1 Å². The van der Waals surface area contributed by atoms with E-state index >= 15 is 0 Å². The number of ether oxygens (including phenoxy) is 2. The van der Waals surface area contributed by atoms with Crippen LogP contribution >= 0.6 is 0 Å². The van der Waals surface area contributed by atoms with Crippen LogP contribution in [0.4, 0.5) is 0 Å². The van der Waals surface area contributed by atoms with Gasteiger partial charge in [-0.15, -0.1) is 0 Å². The molecule has 0 bridgehead atoms. The minimum Gasteiger partial charge on any atom is -0.497 e. The lowest BCUT2D eigenvalue weighted by atomic mass is 10.0. The smallest absolute Gasteiger partial charge is 0.254 e. The Balaban J connectivity index is 1.93. The lowest BCUT2D eigenvalue weighted by molar-refractivity contribution is 0.0742. The highest BCUT2D eigenvalue weighted by molar-refractivity contribution is 6.00. The maximum atomic E-state index is 13.2. The van der Waals surface area contributed by atoms with Crippen LogP contribution in [0.3, 0.4) is 0 Å². The van der Waals surface area contributed by atoms with Crippen LogP contribution < -0.4 is 9.47 Å². The third-order valence-corrected chi connectivity index (χ3v) is 4.70. The second kappa shape index (κ2) is 7.95. The van der Waals surface area contributed by atoms with Crippen molar-refractivity contribution >= 4 is 5.91 Å². The summed E-state index contributed by atoms with van der Waals surface area (Å²) in [7, 11) is 5.01.